The molecule has 17 heavy (non-hydrogen) atoms. The SMILES string of the molecule is CC(CC1CC1)Nc1cc(Br)nc(C2CC2)n1. The van der Waals surface area contributed by atoms with Gasteiger partial charge in [-0.3, -0.25) is 0 Å². The number of halogens is 1. The molecule has 1 heterocycles. The van der Waals surface area contributed by atoms with Gasteiger partial charge in [0, 0.05) is 18.0 Å². The van der Waals surface area contributed by atoms with Gasteiger partial charge in [-0.25, -0.2) is 9.97 Å². The molecule has 2 aliphatic rings. The maximum Gasteiger partial charge on any atom is 0.135 e. The Kier molecular flexibility index (Phi) is 3.07. The first-order chi connectivity index (χ1) is 8.20. The molecule has 1 aromatic heterocycles. The van der Waals surface area contributed by atoms with Crippen molar-refractivity contribution in [3.8, 4) is 0 Å². The van der Waals surface area contributed by atoms with E-state index < -0.39 is 0 Å². The summed E-state index contributed by atoms with van der Waals surface area (Å²) in [7, 11) is 0. The summed E-state index contributed by atoms with van der Waals surface area (Å²) >= 11 is 3.47. The molecule has 0 bridgehead atoms. The van der Waals surface area contributed by atoms with Crippen LogP contribution in [0.2, 0.25) is 0 Å². The smallest absolute Gasteiger partial charge is 0.135 e. The van der Waals surface area contributed by atoms with Crippen molar-refractivity contribution in [1.29, 1.82) is 0 Å². The average molecular weight is 296 g/mol. The maximum absolute atomic E-state index is 4.61. The van der Waals surface area contributed by atoms with Gasteiger partial charge in [-0.1, -0.05) is 12.8 Å². The highest BCUT2D eigenvalue weighted by Crippen LogP contribution is 2.39. The zero-order chi connectivity index (χ0) is 11.8. The van der Waals surface area contributed by atoms with Gasteiger partial charge >= 0.3 is 0 Å². The second-order valence-corrected chi connectivity index (χ2v) is 6.25. The quantitative estimate of drug-likeness (QED) is 0.842. The maximum atomic E-state index is 4.61. The number of anilines is 1. The van der Waals surface area contributed by atoms with Crippen molar-refractivity contribution < 1.29 is 0 Å². The molecular weight excluding hydrogens is 278 g/mol. The summed E-state index contributed by atoms with van der Waals surface area (Å²) < 4.78 is 0.899. The average Bonchev–Trinajstić information content (AvgIpc) is 3.12. The summed E-state index contributed by atoms with van der Waals surface area (Å²) in [5.41, 5.74) is 0. The van der Waals surface area contributed by atoms with Gasteiger partial charge in [0.25, 0.3) is 0 Å². The Hall–Kier alpha value is -0.640. The molecular formula is C13H18BrN3. The highest BCUT2D eigenvalue weighted by Gasteiger charge is 2.28. The van der Waals surface area contributed by atoms with E-state index in [0.29, 0.717) is 12.0 Å². The molecule has 1 aromatic rings. The second kappa shape index (κ2) is 4.56. The fraction of sp³-hybridized carbons (Fsp3) is 0.692. The molecule has 2 fully saturated rings. The molecule has 0 amide bonds. The number of nitrogens with one attached hydrogen (secondary N) is 1. The highest BCUT2D eigenvalue weighted by molar-refractivity contribution is 9.10. The number of nitrogens with zero attached hydrogens (tertiary/aromatic N) is 2. The topological polar surface area (TPSA) is 37.8 Å². The van der Waals surface area contributed by atoms with Gasteiger partial charge in [0.05, 0.1) is 0 Å². The molecule has 1 N–H and O–H groups in total. The van der Waals surface area contributed by atoms with Gasteiger partial charge in [-0.2, -0.15) is 0 Å². The lowest BCUT2D eigenvalue weighted by atomic mass is 10.1. The van der Waals surface area contributed by atoms with Crippen LogP contribution in [0.5, 0.6) is 0 Å². The van der Waals surface area contributed by atoms with E-state index >= 15 is 0 Å². The van der Waals surface area contributed by atoms with E-state index in [4.69, 9.17) is 0 Å². The minimum absolute atomic E-state index is 0.511. The molecule has 3 nitrogen and oxygen atoms in total. The Labute approximate surface area is 111 Å². The summed E-state index contributed by atoms with van der Waals surface area (Å²) in [4.78, 5) is 9.05. The summed E-state index contributed by atoms with van der Waals surface area (Å²) in [6.07, 6.45) is 6.57. The Bertz CT molecular complexity index is 413. The zero-order valence-corrected chi connectivity index (χ0v) is 11.7. The summed E-state index contributed by atoms with van der Waals surface area (Å²) in [6, 6.07) is 2.49. The normalized spacial score (nSPS) is 21.3. The third-order valence-electron chi connectivity index (χ3n) is 3.43. The molecule has 1 atom stereocenters. The molecule has 0 saturated heterocycles. The van der Waals surface area contributed by atoms with Crippen molar-refractivity contribution in [2.45, 2.75) is 51.0 Å². The third kappa shape index (κ3) is 3.18. The standard InChI is InChI=1S/C13H18BrN3/c1-8(6-9-2-3-9)15-12-7-11(14)16-13(17-12)10-4-5-10/h7-10H,2-6H2,1H3,(H,15,16,17). The number of aromatic nitrogens is 2. The Morgan fingerprint density at radius 3 is 2.76 bits per heavy atom. The number of hydrogen-bond donors (Lipinski definition) is 1. The minimum Gasteiger partial charge on any atom is -0.367 e. The van der Waals surface area contributed by atoms with Crippen LogP contribution < -0.4 is 5.32 Å². The molecule has 0 radical (unpaired) electrons. The van der Waals surface area contributed by atoms with Crippen LogP contribution in [0.15, 0.2) is 10.7 Å². The van der Waals surface area contributed by atoms with Crippen LogP contribution in [0.1, 0.15) is 50.8 Å². The second-order valence-electron chi connectivity index (χ2n) is 5.43. The predicted octanol–water partition coefficient (Wildman–Crippen LogP) is 3.72. The van der Waals surface area contributed by atoms with Crippen LogP contribution >= 0.6 is 15.9 Å². The van der Waals surface area contributed by atoms with Gasteiger partial charge in [0.2, 0.25) is 0 Å². The van der Waals surface area contributed by atoms with Crippen LogP contribution in [0.25, 0.3) is 0 Å². The van der Waals surface area contributed by atoms with Gasteiger partial charge < -0.3 is 5.32 Å². The van der Waals surface area contributed by atoms with Gasteiger partial charge in [-0.05, 0) is 48.0 Å². The molecule has 0 aromatic carbocycles. The predicted molar refractivity (Wildman–Crippen MR) is 72.1 cm³/mol. The van der Waals surface area contributed by atoms with Gasteiger partial charge in [0.15, 0.2) is 0 Å². The van der Waals surface area contributed by atoms with E-state index in [-0.39, 0.29) is 0 Å². The minimum atomic E-state index is 0.511. The molecule has 4 heteroatoms. The fourth-order valence-corrected chi connectivity index (χ4v) is 2.60. The van der Waals surface area contributed by atoms with Crippen LogP contribution in [-0.2, 0) is 0 Å². The lowest BCUT2D eigenvalue weighted by Gasteiger charge is -2.14. The van der Waals surface area contributed by atoms with Crippen LogP contribution in [0.3, 0.4) is 0 Å². The molecule has 1 unspecified atom stereocenters. The number of hydrogen-bond acceptors (Lipinski definition) is 3. The van der Waals surface area contributed by atoms with E-state index in [1.54, 1.807) is 0 Å². The fourth-order valence-electron chi connectivity index (χ4n) is 2.20. The Balaban J connectivity index is 1.67. The molecule has 3 rings (SSSR count). The lowest BCUT2D eigenvalue weighted by molar-refractivity contribution is 0.639. The van der Waals surface area contributed by atoms with Crippen molar-refractivity contribution in [3.05, 3.63) is 16.5 Å². The summed E-state index contributed by atoms with van der Waals surface area (Å²) in [6.45, 7) is 2.24. The number of rotatable bonds is 5. The molecule has 92 valence electrons. The van der Waals surface area contributed by atoms with Gasteiger partial charge in [-0.15, -0.1) is 0 Å². The first-order valence-electron chi connectivity index (χ1n) is 6.51. The van der Waals surface area contributed by atoms with Crippen LogP contribution in [0, 0.1) is 5.92 Å². The van der Waals surface area contributed by atoms with Crippen molar-refractivity contribution in [3.63, 3.8) is 0 Å². The van der Waals surface area contributed by atoms with E-state index in [9.17, 15) is 0 Å². The first-order valence-corrected chi connectivity index (χ1v) is 7.31. The monoisotopic (exact) mass is 295 g/mol. The van der Waals surface area contributed by atoms with E-state index in [2.05, 4.69) is 38.1 Å². The Morgan fingerprint density at radius 1 is 1.35 bits per heavy atom. The molecule has 2 saturated carbocycles. The van der Waals surface area contributed by atoms with Crippen molar-refractivity contribution >= 4 is 21.7 Å². The van der Waals surface area contributed by atoms with E-state index in [1.807, 2.05) is 6.07 Å². The largest absolute Gasteiger partial charge is 0.367 e. The highest BCUT2D eigenvalue weighted by atomic mass is 79.9. The van der Waals surface area contributed by atoms with Crippen molar-refractivity contribution in [2.75, 3.05) is 5.32 Å². The lowest BCUT2D eigenvalue weighted by Crippen LogP contribution is -2.17. The first kappa shape index (κ1) is 11.5. The molecule has 2 aliphatic carbocycles. The molecule has 0 spiro atoms. The van der Waals surface area contributed by atoms with Crippen molar-refractivity contribution in [2.24, 2.45) is 5.92 Å². The van der Waals surface area contributed by atoms with Crippen molar-refractivity contribution in [1.82, 2.24) is 9.97 Å². The summed E-state index contributed by atoms with van der Waals surface area (Å²) in [5, 5.41) is 3.50. The Morgan fingerprint density at radius 2 is 2.12 bits per heavy atom. The zero-order valence-electron chi connectivity index (χ0n) is 10.1. The molecule has 0 aliphatic heterocycles. The summed E-state index contributed by atoms with van der Waals surface area (Å²) in [5.74, 6) is 3.53. The van der Waals surface area contributed by atoms with E-state index in [0.717, 1.165) is 22.2 Å². The van der Waals surface area contributed by atoms with E-state index in [1.165, 1.54) is 32.1 Å². The van der Waals surface area contributed by atoms with Crippen LogP contribution in [0.4, 0.5) is 5.82 Å². The third-order valence-corrected chi connectivity index (χ3v) is 3.84. The van der Waals surface area contributed by atoms with Crippen LogP contribution in [-0.4, -0.2) is 16.0 Å². The van der Waals surface area contributed by atoms with Gasteiger partial charge in [0.1, 0.15) is 16.2 Å².